The summed E-state index contributed by atoms with van der Waals surface area (Å²) in [4.78, 5) is 23.1. The highest BCUT2D eigenvalue weighted by atomic mass is 19.1. The molecule has 1 aliphatic rings. The Bertz CT molecular complexity index is 558. The lowest BCUT2D eigenvalue weighted by atomic mass is 10.2. The second-order valence-electron chi connectivity index (χ2n) is 4.76. The van der Waals surface area contributed by atoms with Gasteiger partial charge in [0.15, 0.2) is 5.75 Å². The van der Waals surface area contributed by atoms with E-state index in [0.29, 0.717) is 12.6 Å². The molecule has 21 heavy (non-hydrogen) atoms. The zero-order valence-corrected chi connectivity index (χ0v) is 11.2. The molecule has 0 saturated carbocycles. The topological polar surface area (TPSA) is 92.9 Å². The third-order valence-electron chi connectivity index (χ3n) is 3.34. The third-order valence-corrected chi connectivity index (χ3v) is 3.34. The number of hydrogen-bond donors (Lipinski definition) is 1. The number of nitro groups is 1. The van der Waals surface area contributed by atoms with Gasteiger partial charge in [0.2, 0.25) is 0 Å². The number of nitro benzene ring substituents is 1. The van der Waals surface area contributed by atoms with E-state index in [0.717, 1.165) is 32.0 Å². The predicted octanol–water partition coefficient (Wildman–Crippen LogP) is 1.91. The molecular weight excluding hydrogens is 283 g/mol. The van der Waals surface area contributed by atoms with Gasteiger partial charge in [0.05, 0.1) is 16.6 Å². The van der Waals surface area contributed by atoms with Crippen LogP contribution >= 0.6 is 0 Å². The van der Waals surface area contributed by atoms with E-state index in [1.54, 1.807) is 0 Å². The smallest absolute Gasteiger partial charge is 0.338 e. The number of carboxylic acid groups (broad SMARTS) is 1. The number of likely N-dealkylation sites (tertiary alicyclic amines) is 1. The minimum atomic E-state index is -1.49. The molecule has 0 bridgehead atoms. The Kier molecular flexibility index (Phi) is 4.69. The van der Waals surface area contributed by atoms with Crippen LogP contribution in [0.3, 0.4) is 0 Å². The summed E-state index contributed by atoms with van der Waals surface area (Å²) in [6, 6.07) is 1.44. The molecule has 114 valence electrons. The lowest BCUT2D eigenvalue weighted by Gasteiger charge is -2.15. The normalized spacial score (nSPS) is 15.1. The van der Waals surface area contributed by atoms with E-state index >= 15 is 0 Å². The summed E-state index contributed by atoms with van der Waals surface area (Å²) in [6.45, 7) is 2.69. The number of ether oxygens (including phenoxy) is 1. The first kappa shape index (κ1) is 15.2. The summed E-state index contributed by atoms with van der Waals surface area (Å²) >= 11 is 0. The Hall–Kier alpha value is -2.22. The molecule has 8 heteroatoms. The molecular formula is C13H15FN2O5. The summed E-state index contributed by atoms with van der Waals surface area (Å²) < 4.78 is 18.8. The highest BCUT2D eigenvalue weighted by molar-refractivity contribution is 5.89. The number of carboxylic acids is 1. The second kappa shape index (κ2) is 6.49. The van der Waals surface area contributed by atoms with Crippen molar-refractivity contribution in [2.24, 2.45) is 0 Å². The van der Waals surface area contributed by atoms with Crippen molar-refractivity contribution in [1.82, 2.24) is 4.90 Å². The van der Waals surface area contributed by atoms with Crippen LogP contribution in [0.4, 0.5) is 10.1 Å². The summed E-state index contributed by atoms with van der Waals surface area (Å²) in [5.74, 6) is -2.87. The van der Waals surface area contributed by atoms with Gasteiger partial charge in [-0.25, -0.2) is 9.18 Å². The maximum Gasteiger partial charge on any atom is 0.338 e. The molecule has 1 heterocycles. The van der Waals surface area contributed by atoms with Crippen molar-refractivity contribution < 1.29 is 24.0 Å². The highest BCUT2D eigenvalue weighted by Crippen LogP contribution is 2.30. The molecule has 1 N–H and O–H groups in total. The van der Waals surface area contributed by atoms with Gasteiger partial charge in [-0.1, -0.05) is 0 Å². The molecule has 1 aromatic rings. The highest BCUT2D eigenvalue weighted by Gasteiger charge is 2.23. The van der Waals surface area contributed by atoms with Gasteiger partial charge in [-0.2, -0.15) is 0 Å². The molecule has 0 spiro atoms. The van der Waals surface area contributed by atoms with Gasteiger partial charge in [0.25, 0.3) is 0 Å². The zero-order valence-electron chi connectivity index (χ0n) is 11.2. The first-order valence-corrected chi connectivity index (χ1v) is 6.55. The Labute approximate surface area is 120 Å². The van der Waals surface area contributed by atoms with Crippen LogP contribution in [0.15, 0.2) is 12.1 Å². The van der Waals surface area contributed by atoms with Crippen molar-refractivity contribution in [3.8, 4) is 5.75 Å². The van der Waals surface area contributed by atoms with Gasteiger partial charge in [-0.3, -0.25) is 15.0 Å². The van der Waals surface area contributed by atoms with Crippen LogP contribution in [-0.2, 0) is 0 Å². The van der Waals surface area contributed by atoms with Gasteiger partial charge in [-0.15, -0.1) is 0 Å². The van der Waals surface area contributed by atoms with E-state index in [2.05, 4.69) is 4.90 Å². The molecule has 0 atom stereocenters. The van der Waals surface area contributed by atoms with E-state index in [9.17, 15) is 19.3 Å². The Balaban J connectivity index is 2.13. The quantitative estimate of drug-likeness (QED) is 0.637. The average molecular weight is 298 g/mol. The van der Waals surface area contributed by atoms with E-state index in [1.807, 2.05) is 0 Å². The molecule has 7 nitrogen and oxygen atoms in total. The fourth-order valence-electron chi connectivity index (χ4n) is 2.26. The standard InChI is InChI=1S/C13H15FN2O5/c14-10-8-11(16(19)20)12(7-9(10)13(17)18)21-6-5-15-3-1-2-4-15/h7-8H,1-6H2,(H,17,18). The van der Waals surface area contributed by atoms with Crippen molar-refractivity contribution in [3.05, 3.63) is 33.6 Å². The van der Waals surface area contributed by atoms with Crippen molar-refractivity contribution in [2.45, 2.75) is 12.8 Å². The molecule has 0 unspecified atom stereocenters. The van der Waals surface area contributed by atoms with Crippen LogP contribution in [0.25, 0.3) is 0 Å². The molecule has 0 aromatic heterocycles. The van der Waals surface area contributed by atoms with Crippen LogP contribution < -0.4 is 4.74 Å². The molecule has 0 amide bonds. The largest absolute Gasteiger partial charge is 0.485 e. The maximum atomic E-state index is 13.5. The number of nitrogens with zero attached hydrogens (tertiary/aromatic N) is 2. The number of aromatic carboxylic acids is 1. The van der Waals surface area contributed by atoms with E-state index in [1.165, 1.54) is 0 Å². The molecule has 1 aliphatic heterocycles. The molecule has 1 aromatic carbocycles. The van der Waals surface area contributed by atoms with Crippen LogP contribution in [-0.4, -0.2) is 47.1 Å². The number of carbonyl (C=O) groups is 1. The minimum Gasteiger partial charge on any atom is -0.485 e. The fourth-order valence-corrected chi connectivity index (χ4v) is 2.26. The first-order chi connectivity index (χ1) is 9.99. The molecule has 0 aliphatic carbocycles. The Morgan fingerprint density at radius 1 is 1.43 bits per heavy atom. The van der Waals surface area contributed by atoms with Crippen LogP contribution in [0, 0.1) is 15.9 Å². The lowest BCUT2D eigenvalue weighted by Crippen LogP contribution is -2.25. The molecule has 1 saturated heterocycles. The van der Waals surface area contributed by atoms with Gasteiger partial charge in [-0.05, 0) is 25.9 Å². The molecule has 0 radical (unpaired) electrons. The van der Waals surface area contributed by atoms with Crippen molar-refractivity contribution >= 4 is 11.7 Å². The summed E-state index contributed by atoms with van der Waals surface area (Å²) in [5.41, 5.74) is -1.21. The number of benzene rings is 1. The fraction of sp³-hybridized carbons (Fsp3) is 0.462. The number of rotatable bonds is 6. The van der Waals surface area contributed by atoms with Crippen molar-refractivity contribution in [2.75, 3.05) is 26.2 Å². The number of halogens is 1. The Morgan fingerprint density at radius 2 is 2.10 bits per heavy atom. The summed E-state index contributed by atoms with van der Waals surface area (Å²) in [5, 5.41) is 19.7. The number of hydrogen-bond acceptors (Lipinski definition) is 5. The van der Waals surface area contributed by atoms with Gasteiger partial charge < -0.3 is 9.84 Å². The average Bonchev–Trinajstić information content (AvgIpc) is 2.92. The van der Waals surface area contributed by atoms with Gasteiger partial charge >= 0.3 is 11.7 Å². The summed E-state index contributed by atoms with van der Waals surface area (Å²) in [6.07, 6.45) is 2.22. The SMILES string of the molecule is O=C(O)c1cc(OCCN2CCCC2)c([N+](=O)[O-])cc1F. The lowest BCUT2D eigenvalue weighted by molar-refractivity contribution is -0.386. The minimum absolute atomic E-state index is 0.186. The Morgan fingerprint density at radius 3 is 2.67 bits per heavy atom. The van der Waals surface area contributed by atoms with Crippen LogP contribution in [0.2, 0.25) is 0 Å². The predicted molar refractivity (Wildman–Crippen MR) is 71.2 cm³/mol. The van der Waals surface area contributed by atoms with Gasteiger partial charge in [0.1, 0.15) is 12.4 Å². The van der Waals surface area contributed by atoms with Gasteiger partial charge in [0, 0.05) is 12.6 Å². The maximum absolute atomic E-state index is 13.5. The van der Waals surface area contributed by atoms with E-state index in [-0.39, 0.29) is 12.4 Å². The van der Waals surface area contributed by atoms with Crippen molar-refractivity contribution in [3.63, 3.8) is 0 Å². The summed E-state index contributed by atoms with van der Waals surface area (Å²) in [7, 11) is 0. The van der Waals surface area contributed by atoms with E-state index in [4.69, 9.17) is 9.84 Å². The van der Waals surface area contributed by atoms with Crippen molar-refractivity contribution in [1.29, 1.82) is 0 Å². The third kappa shape index (κ3) is 3.66. The monoisotopic (exact) mass is 298 g/mol. The second-order valence-corrected chi connectivity index (χ2v) is 4.76. The molecule has 1 fully saturated rings. The van der Waals surface area contributed by atoms with Crippen LogP contribution in [0.5, 0.6) is 5.75 Å². The first-order valence-electron chi connectivity index (χ1n) is 6.55. The van der Waals surface area contributed by atoms with E-state index < -0.39 is 28.0 Å². The zero-order chi connectivity index (χ0) is 15.4. The molecule has 2 rings (SSSR count). The van der Waals surface area contributed by atoms with Crippen LogP contribution in [0.1, 0.15) is 23.2 Å².